The Hall–Kier alpha value is -2.36. The first-order valence-electron chi connectivity index (χ1n) is 7.75. The first-order chi connectivity index (χ1) is 12.1. The van der Waals surface area contributed by atoms with Gasteiger partial charge < -0.3 is 0 Å². The van der Waals surface area contributed by atoms with Gasteiger partial charge in [0, 0.05) is 16.0 Å². The molecule has 0 unspecified atom stereocenters. The quantitative estimate of drug-likeness (QED) is 0.331. The van der Waals surface area contributed by atoms with Crippen LogP contribution in [0.5, 0.6) is 0 Å². The second-order valence-electron chi connectivity index (χ2n) is 5.42. The Morgan fingerprint density at radius 1 is 0.800 bits per heavy atom. The van der Waals surface area contributed by atoms with E-state index in [1.54, 1.807) is 12.1 Å². The zero-order valence-corrected chi connectivity index (χ0v) is 14.9. The molecule has 0 saturated heterocycles. The van der Waals surface area contributed by atoms with Crippen LogP contribution < -0.4 is 0 Å². The van der Waals surface area contributed by atoms with Gasteiger partial charge in [0.25, 0.3) is 0 Å². The van der Waals surface area contributed by atoms with Crippen LogP contribution in [0, 0.1) is 0 Å². The molecule has 25 heavy (non-hydrogen) atoms. The summed E-state index contributed by atoms with van der Waals surface area (Å²) in [4.78, 5) is 24.8. The van der Waals surface area contributed by atoms with Crippen LogP contribution in [0.3, 0.4) is 0 Å². The summed E-state index contributed by atoms with van der Waals surface area (Å²) in [5.74, 6) is 0.0595. The Bertz CT molecular complexity index is 892. The van der Waals surface area contributed by atoms with Crippen LogP contribution in [0.4, 0.5) is 0 Å². The largest absolute Gasteiger partial charge is 0.289 e. The topological polar surface area (TPSA) is 34.1 Å². The lowest BCUT2D eigenvalue weighted by molar-refractivity contribution is -0.109. The van der Waals surface area contributed by atoms with Crippen molar-refractivity contribution < 1.29 is 9.59 Å². The van der Waals surface area contributed by atoms with Crippen LogP contribution in [-0.4, -0.2) is 16.8 Å². The minimum absolute atomic E-state index is 0.0668. The molecule has 3 aromatic carbocycles. The second kappa shape index (κ2) is 8.15. The van der Waals surface area contributed by atoms with Gasteiger partial charge in [0.05, 0.1) is 5.75 Å². The van der Waals surface area contributed by atoms with Crippen molar-refractivity contribution in [1.29, 1.82) is 0 Å². The summed E-state index contributed by atoms with van der Waals surface area (Å²) < 4.78 is 0. The lowest BCUT2D eigenvalue weighted by Crippen LogP contribution is -2.04. The van der Waals surface area contributed by atoms with Gasteiger partial charge in [0.1, 0.15) is 0 Å². The highest BCUT2D eigenvalue weighted by Crippen LogP contribution is 2.30. The van der Waals surface area contributed by atoms with E-state index < -0.39 is 5.24 Å². The molecule has 3 rings (SSSR count). The maximum atomic E-state index is 13.0. The van der Waals surface area contributed by atoms with Crippen LogP contribution >= 0.6 is 23.4 Å². The third kappa shape index (κ3) is 4.38. The van der Waals surface area contributed by atoms with Crippen molar-refractivity contribution in [1.82, 2.24) is 0 Å². The van der Waals surface area contributed by atoms with E-state index in [1.165, 1.54) is 11.8 Å². The molecular weight excluding hydrogens is 352 g/mol. The van der Waals surface area contributed by atoms with Crippen molar-refractivity contribution in [2.45, 2.75) is 4.90 Å². The molecule has 0 bridgehead atoms. The molecule has 0 aliphatic rings. The van der Waals surface area contributed by atoms with Gasteiger partial charge in [-0.2, -0.15) is 0 Å². The van der Waals surface area contributed by atoms with Gasteiger partial charge in [-0.1, -0.05) is 66.7 Å². The summed E-state index contributed by atoms with van der Waals surface area (Å²) in [5, 5.41) is -0.435. The fourth-order valence-electron chi connectivity index (χ4n) is 2.52. The van der Waals surface area contributed by atoms with Gasteiger partial charge in [0.2, 0.25) is 5.24 Å². The molecule has 2 nitrogen and oxygen atoms in total. The van der Waals surface area contributed by atoms with Crippen molar-refractivity contribution in [3.63, 3.8) is 0 Å². The number of hydrogen-bond donors (Lipinski definition) is 0. The average Bonchev–Trinajstić information content (AvgIpc) is 2.67. The fraction of sp³-hybridized carbons (Fsp3) is 0.0476. The third-order valence-corrected chi connectivity index (χ3v) is 5.07. The monoisotopic (exact) mass is 366 g/mol. The molecule has 0 spiro atoms. The number of ketones is 1. The third-order valence-electron chi connectivity index (χ3n) is 3.71. The van der Waals surface area contributed by atoms with E-state index in [2.05, 4.69) is 0 Å². The molecule has 124 valence electrons. The first-order valence-corrected chi connectivity index (χ1v) is 9.12. The first kappa shape index (κ1) is 17.5. The molecule has 3 aromatic rings. The Morgan fingerprint density at radius 2 is 1.44 bits per heavy atom. The lowest BCUT2D eigenvalue weighted by atomic mass is 9.98. The number of thioether (sulfide) groups is 1. The predicted octanol–water partition coefficient (Wildman–Crippen LogP) is 5.44. The molecule has 0 atom stereocenters. The molecule has 0 heterocycles. The summed E-state index contributed by atoms with van der Waals surface area (Å²) in [6.07, 6.45) is 0. The minimum atomic E-state index is -0.435. The predicted molar refractivity (Wildman–Crippen MR) is 103 cm³/mol. The van der Waals surface area contributed by atoms with Crippen molar-refractivity contribution in [3.8, 4) is 11.1 Å². The highest BCUT2D eigenvalue weighted by Gasteiger charge is 2.16. The summed E-state index contributed by atoms with van der Waals surface area (Å²) in [7, 11) is 0. The number of hydrogen-bond acceptors (Lipinski definition) is 3. The van der Waals surface area contributed by atoms with E-state index in [4.69, 9.17) is 11.6 Å². The molecular formula is C21H15ClO2S. The molecule has 0 amide bonds. The Balaban J connectivity index is 2.04. The standard InChI is InChI=1S/C21H15ClO2S/c22-20(23)14-25-19-12-11-17(15-7-3-1-4-8-15)13-18(19)21(24)16-9-5-2-6-10-16/h1-13H,14H2. The van der Waals surface area contributed by atoms with Crippen molar-refractivity contribution in [3.05, 3.63) is 90.0 Å². The summed E-state index contributed by atoms with van der Waals surface area (Å²) in [6.45, 7) is 0. The lowest BCUT2D eigenvalue weighted by Gasteiger charge is -2.11. The second-order valence-corrected chi connectivity index (χ2v) is 6.85. The van der Waals surface area contributed by atoms with Crippen LogP contribution in [0.25, 0.3) is 11.1 Å². The Kier molecular flexibility index (Phi) is 5.69. The van der Waals surface area contributed by atoms with Crippen LogP contribution in [0.15, 0.2) is 83.8 Å². The maximum absolute atomic E-state index is 13.0. The fourth-order valence-corrected chi connectivity index (χ4v) is 3.43. The molecule has 0 aliphatic heterocycles. The summed E-state index contributed by atoms with van der Waals surface area (Å²) in [6, 6.07) is 24.7. The van der Waals surface area contributed by atoms with Crippen molar-refractivity contribution in [2.75, 3.05) is 5.75 Å². The number of halogens is 1. The molecule has 0 N–H and O–H groups in total. The summed E-state index contributed by atoms with van der Waals surface area (Å²) >= 11 is 6.74. The number of benzene rings is 3. The normalized spacial score (nSPS) is 10.4. The smallest absolute Gasteiger partial charge is 0.231 e. The van der Waals surface area contributed by atoms with E-state index in [-0.39, 0.29) is 11.5 Å². The van der Waals surface area contributed by atoms with E-state index in [9.17, 15) is 9.59 Å². The molecule has 4 heteroatoms. The van der Waals surface area contributed by atoms with E-state index in [0.29, 0.717) is 11.1 Å². The Morgan fingerprint density at radius 3 is 2.08 bits per heavy atom. The average molecular weight is 367 g/mol. The molecule has 0 fully saturated rings. The SMILES string of the molecule is O=C(Cl)CSc1ccc(-c2ccccc2)cc1C(=O)c1ccccc1. The number of carbonyl (C=O) groups excluding carboxylic acids is 2. The zero-order chi connectivity index (χ0) is 17.6. The van der Waals surface area contributed by atoms with Gasteiger partial charge in [-0.25, -0.2) is 0 Å². The zero-order valence-electron chi connectivity index (χ0n) is 13.3. The highest BCUT2D eigenvalue weighted by molar-refractivity contribution is 8.00. The van der Waals surface area contributed by atoms with E-state index in [1.807, 2.05) is 66.7 Å². The number of rotatable bonds is 6. The van der Waals surface area contributed by atoms with Crippen LogP contribution in [-0.2, 0) is 4.79 Å². The molecule has 0 aromatic heterocycles. The van der Waals surface area contributed by atoms with Crippen LogP contribution in [0.2, 0.25) is 0 Å². The van der Waals surface area contributed by atoms with Crippen molar-refractivity contribution >= 4 is 34.4 Å². The molecule has 0 radical (unpaired) electrons. The Labute approximate surface area is 155 Å². The number of carbonyl (C=O) groups is 2. The summed E-state index contributed by atoms with van der Waals surface area (Å²) in [5.41, 5.74) is 3.19. The van der Waals surface area contributed by atoms with Gasteiger partial charge in [-0.15, -0.1) is 11.8 Å². The molecule has 0 saturated carbocycles. The van der Waals surface area contributed by atoms with Gasteiger partial charge in [-0.3, -0.25) is 9.59 Å². The van der Waals surface area contributed by atoms with Crippen LogP contribution in [0.1, 0.15) is 15.9 Å². The van der Waals surface area contributed by atoms with E-state index >= 15 is 0 Å². The highest BCUT2D eigenvalue weighted by atomic mass is 35.5. The van der Waals surface area contributed by atoms with Crippen molar-refractivity contribution in [2.24, 2.45) is 0 Å². The van der Waals surface area contributed by atoms with Gasteiger partial charge in [0.15, 0.2) is 5.78 Å². The molecule has 0 aliphatic carbocycles. The van der Waals surface area contributed by atoms with Gasteiger partial charge in [-0.05, 0) is 34.9 Å². The minimum Gasteiger partial charge on any atom is -0.289 e. The van der Waals surface area contributed by atoms with Gasteiger partial charge >= 0.3 is 0 Å². The maximum Gasteiger partial charge on any atom is 0.231 e. The van der Waals surface area contributed by atoms with E-state index in [0.717, 1.165) is 16.0 Å².